The number of aromatic nitrogens is 1. The minimum Gasteiger partial charge on any atom is -0.367 e. The molecule has 2 unspecified atom stereocenters. The summed E-state index contributed by atoms with van der Waals surface area (Å²) in [4.78, 5) is 3.48. The molecule has 6 aromatic rings. The number of hydrogen-bond donors (Lipinski definition) is 1. The highest BCUT2D eigenvalue weighted by molar-refractivity contribution is 6.22. The summed E-state index contributed by atoms with van der Waals surface area (Å²) in [7, 11) is 0. The first-order chi connectivity index (χ1) is 18.4. The zero-order chi connectivity index (χ0) is 24.1. The van der Waals surface area contributed by atoms with E-state index in [1.807, 2.05) is 0 Å². The maximum atomic E-state index is 3.48. The average molecular weight is 472 g/mol. The summed E-state index contributed by atoms with van der Waals surface area (Å²) in [6.07, 6.45) is 6.97. The molecule has 1 nitrogen and oxygen atoms in total. The lowest BCUT2D eigenvalue weighted by Gasteiger charge is -2.42. The quantitative estimate of drug-likeness (QED) is 0.258. The van der Waals surface area contributed by atoms with Crippen molar-refractivity contribution in [2.24, 2.45) is 0 Å². The highest BCUT2D eigenvalue weighted by atomic mass is 14.7. The van der Waals surface area contributed by atoms with Crippen molar-refractivity contribution < 1.29 is 0 Å². The number of H-pyrrole nitrogens is 1. The minimum atomic E-state index is 0.423. The molecular formula is C36H25N. The molecule has 4 aliphatic rings. The van der Waals surface area contributed by atoms with E-state index < -0.39 is 0 Å². The Morgan fingerprint density at radius 3 is 1.46 bits per heavy atom. The Bertz CT molecular complexity index is 1740. The second-order valence-electron chi connectivity index (χ2n) is 10.8. The summed E-state index contributed by atoms with van der Waals surface area (Å²) in [5.41, 5.74) is 17.4. The topological polar surface area (TPSA) is 15.8 Å². The van der Waals surface area contributed by atoms with Crippen LogP contribution in [-0.4, -0.2) is 4.98 Å². The lowest BCUT2D eigenvalue weighted by molar-refractivity contribution is 0.525. The van der Waals surface area contributed by atoms with Crippen LogP contribution in [0.25, 0.3) is 55.3 Å². The molecule has 0 fully saturated rings. The normalized spacial score (nSPS) is 18.1. The molecule has 0 spiro atoms. The van der Waals surface area contributed by atoms with E-state index in [0.29, 0.717) is 11.8 Å². The average Bonchev–Trinajstić information content (AvgIpc) is 3.59. The second kappa shape index (κ2) is 7.11. The van der Waals surface area contributed by atoms with Gasteiger partial charge in [0.2, 0.25) is 0 Å². The zero-order valence-electron chi connectivity index (χ0n) is 20.5. The number of benzene rings is 5. The van der Waals surface area contributed by atoms with Gasteiger partial charge in [-0.05, 0) is 90.4 Å². The fraction of sp³-hybridized carbons (Fsp3) is 0.111. The van der Waals surface area contributed by atoms with Gasteiger partial charge in [0.25, 0.3) is 0 Å². The van der Waals surface area contributed by atoms with Gasteiger partial charge in [0, 0.05) is 24.2 Å². The Morgan fingerprint density at radius 2 is 0.973 bits per heavy atom. The van der Waals surface area contributed by atoms with Crippen molar-refractivity contribution in [1.82, 2.24) is 4.98 Å². The molecule has 0 radical (unpaired) electrons. The monoisotopic (exact) mass is 471 g/mol. The molecule has 1 heterocycles. The summed E-state index contributed by atoms with van der Waals surface area (Å²) in [6, 6.07) is 36.1. The Labute approximate surface area is 216 Å². The third-order valence-corrected chi connectivity index (χ3v) is 9.15. The minimum absolute atomic E-state index is 0.423. The number of rotatable bonds is 2. The molecule has 0 saturated carbocycles. The standard InChI is InChI=1S/C36H25N/c1-3-9-22(10-4-1)31-33-24-17-18-25(29-20-37-19-28(24)29)34(33)32(23-11-5-2-6-12-23)36-27-16-8-14-21-13-7-15-26(30(21)27)35(31)36/h1-16,19-20,24-25,37H,17-18H2. The number of fused-ring (bicyclic) bond motifs is 4. The molecular weight excluding hydrogens is 446 g/mol. The van der Waals surface area contributed by atoms with Gasteiger partial charge in [-0.25, -0.2) is 0 Å². The number of hydrogen-bond acceptors (Lipinski definition) is 0. The van der Waals surface area contributed by atoms with Crippen LogP contribution in [0.5, 0.6) is 0 Å². The first kappa shape index (κ1) is 19.8. The van der Waals surface area contributed by atoms with Gasteiger partial charge in [-0.15, -0.1) is 0 Å². The van der Waals surface area contributed by atoms with Crippen molar-refractivity contribution in [3.8, 4) is 44.5 Å². The molecule has 2 atom stereocenters. The van der Waals surface area contributed by atoms with Gasteiger partial charge in [0.1, 0.15) is 0 Å². The van der Waals surface area contributed by atoms with Crippen LogP contribution < -0.4 is 0 Å². The van der Waals surface area contributed by atoms with Crippen molar-refractivity contribution >= 4 is 10.8 Å². The van der Waals surface area contributed by atoms with Gasteiger partial charge in [0.05, 0.1) is 0 Å². The van der Waals surface area contributed by atoms with Crippen LogP contribution in [0, 0.1) is 0 Å². The lowest BCUT2D eigenvalue weighted by atomic mass is 9.60. The fourth-order valence-electron chi connectivity index (χ4n) is 7.85. The summed E-state index contributed by atoms with van der Waals surface area (Å²) in [5.74, 6) is 0.847. The van der Waals surface area contributed by atoms with Crippen molar-refractivity contribution in [3.05, 3.63) is 132 Å². The summed E-state index contributed by atoms with van der Waals surface area (Å²) in [5, 5.41) is 2.74. The van der Waals surface area contributed by atoms with E-state index in [1.54, 1.807) is 11.1 Å². The fourth-order valence-corrected chi connectivity index (χ4v) is 7.85. The van der Waals surface area contributed by atoms with Crippen LogP contribution in [0.3, 0.4) is 0 Å². The van der Waals surface area contributed by atoms with E-state index in [-0.39, 0.29) is 0 Å². The van der Waals surface area contributed by atoms with Crippen LogP contribution in [0.15, 0.2) is 109 Å². The molecule has 0 aliphatic heterocycles. The lowest BCUT2D eigenvalue weighted by Crippen LogP contribution is -2.25. The second-order valence-corrected chi connectivity index (χ2v) is 10.8. The van der Waals surface area contributed by atoms with Crippen molar-refractivity contribution in [2.45, 2.75) is 24.7 Å². The molecule has 1 N–H and O–H groups in total. The largest absolute Gasteiger partial charge is 0.367 e. The van der Waals surface area contributed by atoms with E-state index >= 15 is 0 Å². The summed E-state index contributed by atoms with van der Waals surface area (Å²) in [6.45, 7) is 0. The number of nitrogens with one attached hydrogen (secondary N) is 1. The first-order valence-corrected chi connectivity index (χ1v) is 13.4. The van der Waals surface area contributed by atoms with E-state index in [0.717, 1.165) is 0 Å². The van der Waals surface area contributed by atoms with Gasteiger partial charge in [-0.1, -0.05) is 97.1 Å². The van der Waals surface area contributed by atoms with Crippen LogP contribution in [0.4, 0.5) is 0 Å². The van der Waals surface area contributed by atoms with Crippen molar-refractivity contribution in [1.29, 1.82) is 0 Å². The van der Waals surface area contributed by atoms with E-state index in [1.165, 1.54) is 79.2 Å². The van der Waals surface area contributed by atoms with Gasteiger partial charge < -0.3 is 4.98 Å². The Morgan fingerprint density at radius 1 is 0.486 bits per heavy atom. The molecule has 1 heteroatoms. The predicted octanol–water partition coefficient (Wildman–Crippen LogP) is 9.52. The van der Waals surface area contributed by atoms with Crippen molar-refractivity contribution in [2.75, 3.05) is 0 Å². The molecule has 0 amide bonds. The van der Waals surface area contributed by atoms with Gasteiger partial charge in [-0.3, -0.25) is 0 Å². The van der Waals surface area contributed by atoms with Gasteiger partial charge in [-0.2, -0.15) is 0 Å². The molecule has 37 heavy (non-hydrogen) atoms. The van der Waals surface area contributed by atoms with Crippen LogP contribution >= 0.6 is 0 Å². The van der Waals surface area contributed by atoms with E-state index in [2.05, 4.69) is 114 Å². The molecule has 5 aromatic carbocycles. The highest BCUT2D eigenvalue weighted by Gasteiger charge is 2.44. The smallest absolute Gasteiger partial charge is 0.0117 e. The molecule has 0 saturated heterocycles. The Kier molecular flexibility index (Phi) is 3.80. The third-order valence-electron chi connectivity index (χ3n) is 9.15. The van der Waals surface area contributed by atoms with Crippen LogP contribution in [0.2, 0.25) is 0 Å². The van der Waals surface area contributed by atoms with Crippen molar-refractivity contribution in [3.63, 3.8) is 0 Å². The first-order valence-electron chi connectivity index (χ1n) is 13.4. The summed E-state index contributed by atoms with van der Waals surface area (Å²) >= 11 is 0. The van der Waals surface area contributed by atoms with E-state index in [9.17, 15) is 0 Å². The summed E-state index contributed by atoms with van der Waals surface area (Å²) < 4.78 is 0. The highest BCUT2D eigenvalue weighted by Crippen LogP contribution is 2.64. The predicted molar refractivity (Wildman–Crippen MR) is 153 cm³/mol. The Balaban J connectivity index is 1.55. The Hall–Kier alpha value is -4.36. The number of aromatic amines is 1. The maximum absolute atomic E-state index is 3.48. The third kappa shape index (κ3) is 2.44. The SMILES string of the molecule is c1ccc(-c2c3c(c(-c4ccccc4)c4c2C2CCC4c4c[nH]cc42)-c2cccc4cccc-3c24)cc1. The molecule has 2 bridgehead atoms. The van der Waals surface area contributed by atoms with Crippen LogP contribution in [-0.2, 0) is 0 Å². The molecule has 10 rings (SSSR count). The van der Waals surface area contributed by atoms with Crippen LogP contribution in [0.1, 0.15) is 46.9 Å². The molecule has 1 aromatic heterocycles. The van der Waals surface area contributed by atoms with E-state index in [4.69, 9.17) is 0 Å². The van der Waals surface area contributed by atoms with Gasteiger partial charge in [0.15, 0.2) is 0 Å². The zero-order valence-corrected chi connectivity index (χ0v) is 20.5. The molecule has 174 valence electrons. The maximum Gasteiger partial charge on any atom is 0.0117 e. The molecule has 4 aliphatic carbocycles. The van der Waals surface area contributed by atoms with Gasteiger partial charge >= 0.3 is 0 Å².